The summed E-state index contributed by atoms with van der Waals surface area (Å²) in [4.78, 5) is 0. The van der Waals surface area contributed by atoms with E-state index in [-0.39, 0.29) is 0 Å². The second-order valence-corrected chi connectivity index (χ2v) is 4.42. The molecule has 0 heterocycles. The lowest BCUT2D eigenvalue weighted by molar-refractivity contribution is 0.192. The molecule has 3 heteroatoms. The summed E-state index contributed by atoms with van der Waals surface area (Å²) in [6, 6.07) is 8.41. The number of rotatable bonds is 7. The van der Waals surface area contributed by atoms with E-state index < -0.39 is 0 Å². The van der Waals surface area contributed by atoms with Gasteiger partial charge in [0.15, 0.2) is 0 Å². The number of ether oxygens (including phenoxy) is 1. The molecule has 0 aromatic heterocycles. The lowest BCUT2D eigenvalue weighted by Gasteiger charge is -2.04. The first kappa shape index (κ1) is 12.7. The Bertz CT molecular complexity index is 261. The van der Waals surface area contributed by atoms with E-state index >= 15 is 0 Å². The highest BCUT2D eigenvalue weighted by molar-refractivity contribution is 9.10. The lowest BCUT2D eigenvalue weighted by Crippen LogP contribution is -2.14. The second kappa shape index (κ2) is 7.85. The molecular weight excluding hydrogens is 254 g/mol. The number of hydrogen-bond acceptors (Lipinski definition) is 2. The first-order valence-electron chi connectivity index (χ1n) is 5.27. The van der Waals surface area contributed by atoms with Crippen LogP contribution in [0, 0.1) is 0 Å². The van der Waals surface area contributed by atoms with Gasteiger partial charge in [-0.3, -0.25) is 0 Å². The number of nitrogens with one attached hydrogen (secondary N) is 1. The standard InChI is InChI=1S/C12H18BrNO/c1-15-9-3-2-8-14-10-11-4-6-12(13)7-5-11/h4-7,14H,2-3,8-10H2,1H3. The van der Waals surface area contributed by atoms with Crippen molar-refractivity contribution in [3.05, 3.63) is 34.3 Å². The van der Waals surface area contributed by atoms with Gasteiger partial charge < -0.3 is 10.1 Å². The minimum absolute atomic E-state index is 0.861. The maximum absolute atomic E-state index is 4.99. The molecule has 1 N–H and O–H groups in total. The van der Waals surface area contributed by atoms with Crippen molar-refractivity contribution in [2.45, 2.75) is 19.4 Å². The maximum Gasteiger partial charge on any atom is 0.0462 e. The average molecular weight is 272 g/mol. The Kier molecular flexibility index (Phi) is 6.64. The van der Waals surface area contributed by atoms with Crippen molar-refractivity contribution in [1.29, 1.82) is 0 Å². The molecule has 1 aromatic carbocycles. The van der Waals surface area contributed by atoms with E-state index in [0.29, 0.717) is 0 Å². The van der Waals surface area contributed by atoms with Crippen molar-refractivity contribution >= 4 is 15.9 Å². The lowest BCUT2D eigenvalue weighted by atomic mass is 10.2. The molecule has 15 heavy (non-hydrogen) atoms. The van der Waals surface area contributed by atoms with Crippen LogP contribution in [0.3, 0.4) is 0 Å². The molecule has 0 fully saturated rings. The fourth-order valence-electron chi connectivity index (χ4n) is 1.33. The minimum Gasteiger partial charge on any atom is -0.385 e. The Hall–Kier alpha value is -0.380. The topological polar surface area (TPSA) is 21.3 Å². The highest BCUT2D eigenvalue weighted by Gasteiger charge is 1.92. The van der Waals surface area contributed by atoms with Crippen LogP contribution in [0.2, 0.25) is 0 Å². The van der Waals surface area contributed by atoms with Gasteiger partial charge in [0.25, 0.3) is 0 Å². The Morgan fingerprint density at radius 1 is 1.20 bits per heavy atom. The molecule has 1 rings (SSSR count). The summed E-state index contributed by atoms with van der Waals surface area (Å²) in [5.74, 6) is 0. The van der Waals surface area contributed by atoms with E-state index in [4.69, 9.17) is 4.74 Å². The van der Waals surface area contributed by atoms with Crippen LogP contribution >= 0.6 is 15.9 Å². The molecule has 84 valence electrons. The molecule has 0 spiro atoms. The molecule has 0 aliphatic rings. The van der Waals surface area contributed by atoms with Crippen LogP contribution in [0.5, 0.6) is 0 Å². The van der Waals surface area contributed by atoms with Crippen molar-refractivity contribution in [2.75, 3.05) is 20.3 Å². The van der Waals surface area contributed by atoms with Crippen LogP contribution in [0.25, 0.3) is 0 Å². The van der Waals surface area contributed by atoms with Crippen LogP contribution in [-0.2, 0) is 11.3 Å². The van der Waals surface area contributed by atoms with E-state index in [1.807, 2.05) is 0 Å². The third-order valence-corrected chi connectivity index (χ3v) is 2.72. The van der Waals surface area contributed by atoms with Gasteiger partial charge in [-0.05, 0) is 37.1 Å². The zero-order valence-electron chi connectivity index (χ0n) is 9.13. The molecule has 0 saturated carbocycles. The van der Waals surface area contributed by atoms with Gasteiger partial charge in [-0.2, -0.15) is 0 Å². The fourth-order valence-corrected chi connectivity index (χ4v) is 1.60. The van der Waals surface area contributed by atoms with E-state index in [0.717, 1.165) is 30.6 Å². The van der Waals surface area contributed by atoms with E-state index in [1.54, 1.807) is 7.11 Å². The van der Waals surface area contributed by atoms with Crippen molar-refractivity contribution in [3.8, 4) is 0 Å². The summed E-state index contributed by atoms with van der Waals surface area (Å²) in [6.07, 6.45) is 2.30. The highest BCUT2D eigenvalue weighted by atomic mass is 79.9. The van der Waals surface area contributed by atoms with Crippen LogP contribution in [0.1, 0.15) is 18.4 Å². The molecule has 0 atom stereocenters. The molecule has 1 aromatic rings. The summed E-state index contributed by atoms with van der Waals surface area (Å²) in [6.45, 7) is 2.86. The maximum atomic E-state index is 4.99. The Morgan fingerprint density at radius 2 is 1.93 bits per heavy atom. The molecule has 0 bridgehead atoms. The number of unbranched alkanes of at least 4 members (excludes halogenated alkanes) is 1. The van der Waals surface area contributed by atoms with Gasteiger partial charge in [-0.25, -0.2) is 0 Å². The van der Waals surface area contributed by atoms with Crippen LogP contribution in [0.15, 0.2) is 28.7 Å². The normalized spacial score (nSPS) is 10.5. The Morgan fingerprint density at radius 3 is 2.60 bits per heavy atom. The predicted octanol–water partition coefficient (Wildman–Crippen LogP) is 2.97. The van der Waals surface area contributed by atoms with Gasteiger partial charge in [0.1, 0.15) is 0 Å². The third kappa shape index (κ3) is 5.92. The molecule has 0 amide bonds. The zero-order chi connectivity index (χ0) is 10.9. The smallest absolute Gasteiger partial charge is 0.0462 e. The summed E-state index contributed by atoms with van der Waals surface area (Å²) in [5, 5.41) is 3.41. The number of benzene rings is 1. The number of methoxy groups -OCH3 is 1. The molecular formula is C12H18BrNO. The van der Waals surface area contributed by atoms with Crippen LogP contribution < -0.4 is 5.32 Å². The fraction of sp³-hybridized carbons (Fsp3) is 0.500. The van der Waals surface area contributed by atoms with Crippen molar-refractivity contribution < 1.29 is 4.74 Å². The molecule has 2 nitrogen and oxygen atoms in total. The molecule has 0 unspecified atom stereocenters. The third-order valence-electron chi connectivity index (χ3n) is 2.19. The average Bonchev–Trinajstić information content (AvgIpc) is 2.26. The largest absolute Gasteiger partial charge is 0.385 e. The SMILES string of the molecule is COCCCCNCc1ccc(Br)cc1. The van der Waals surface area contributed by atoms with Crippen molar-refractivity contribution in [2.24, 2.45) is 0 Å². The van der Waals surface area contributed by atoms with Crippen LogP contribution in [0.4, 0.5) is 0 Å². The minimum atomic E-state index is 0.861. The number of hydrogen-bond donors (Lipinski definition) is 1. The van der Waals surface area contributed by atoms with E-state index in [2.05, 4.69) is 45.5 Å². The summed E-state index contributed by atoms with van der Waals surface area (Å²) >= 11 is 3.42. The van der Waals surface area contributed by atoms with Gasteiger partial charge in [0, 0.05) is 24.7 Å². The quantitative estimate of drug-likeness (QED) is 0.770. The van der Waals surface area contributed by atoms with Gasteiger partial charge in [0.05, 0.1) is 0 Å². The monoisotopic (exact) mass is 271 g/mol. The molecule has 0 saturated heterocycles. The molecule has 0 aliphatic carbocycles. The first-order chi connectivity index (χ1) is 7.33. The molecule has 0 radical (unpaired) electrons. The van der Waals surface area contributed by atoms with E-state index in [9.17, 15) is 0 Å². The van der Waals surface area contributed by atoms with Crippen molar-refractivity contribution in [3.63, 3.8) is 0 Å². The summed E-state index contributed by atoms with van der Waals surface area (Å²) in [5.41, 5.74) is 1.32. The summed E-state index contributed by atoms with van der Waals surface area (Å²) in [7, 11) is 1.75. The van der Waals surface area contributed by atoms with Gasteiger partial charge in [-0.1, -0.05) is 28.1 Å². The number of halogens is 1. The summed E-state index contributed by atoms with van der Waals surface area (Å²) < 4.78 is 6.12. The van der Waals surface area contributed by atoms with Crippen molar-refractivity contribution in [1.82, 2.24) is 5.32 Å². The van der Waals surface area contributed by atoms with E-state index in [1.165, 1.54) is 12.0 Å². The Labute approximate surface area is 100 Å². The van der Waals surface area contributed by atoms with Gasteiger partial charge in [0.2, 0.25) is 0 Å². The van der Waals surface area contributed by atoms with Gasteiger partial charge >= 0.3 is 0 Å². The Balaban J connectivity index is 2.07. The first-order valence-corrected chi connectivity index (χ1v) is 6.06. The van der Waals surface area contributed by atoms with Gasteiger partial charge in [-0.15, -0.1) is 0 Å². The zero-order valence-corrected chi connectivity index (χ0v) is 10.7. The predicted molar refractivity (Wildman–Crippen MR) is 67.0 cm³/mol. The molecule has 0 aliphatic heterocycles. The second-order valence-electron chi connectivity index (χ2n) is 3.50. The van der Waals surface area contributed by atoms with Crippen LogP contribution in [-0.4, -0.2) is 20.3 Å². The highest BCUT2D eigenvalue weighted by Crippen LogP contribution is 2.10.